The van der Waals surface area contributed by atoms with E-state index in [9.17, 15) is 19.5 Å². The number of ether oxygens (including phenoxy) is 1. The van der Waals surface area contributed by atoms with Crippen LogP contribution in [0, 0.1) is 0 Å². The zero-order valence-corrected chi connectivity index (χ0v) is 15.3. The van der Waals surface area contributed by atoms with Gasteiger partial charge in [0.25, 0.3) is 0 Å². The third-order valence-corrected chi connectivity index (χ3v) is 4.47. The Hall–Kier alpha value is -2.41. The van der Waals surface area contributed by atoms with E-state index >= 15 is 0 Å². The Morgan fingerprint density at radius 3 is 2.78 bits per heavy atom. The summed E-state index contributed by atoms with van der Waals surface area (Å²) in [6, 6.07) is 3.81. The van der Waals surface area contributed by atoms with Crippen molar-refractivity contribution in [3.05, 3.63) is 35.9 Å². The van der Waals surface area contributed by atoms with E-state index < -0.39 is 42.8 Å². The number of amides is 1. The molecule has 1 saturated heterocycles. The first kappa shape index (κ1) is 15.6. The van der Waals surface area contributed by atoms with E-state index in [1.54, 1.807) is 6.92 Å². The van der Waals surface area contributed by atoms with E-state index in [-0.39, 0.29) is 26.0 Å². The Balaban J connectivity index is 2.31. The van der Waals surface area contributed by atoms with Crippen LogP contribution in [0.15, 0.2) is 30.3 Å². The third kappa shape index (κ3) is 5.79. The lowest BCUT2D eigenvalue weighted by Gasteiger charge is -2.27. The highest BCUT2D eigenvalue weighted by atomic mass is 16.5. The van der Waals surface area contributed by atoms with Crippen LogP contribution in [0.5, 0.6) is 0 Å². The zero-order chi connectivity index (χ0) is 23.2. The Bertz CT molecular complexity index is 790. The van der Waals surface area contributed by atoms with Gasteiger partial charge < -0.3 is 14.7 Å². The smallest absolute Gasteiger partial charge is 0.326 e. The SMILES string of the molecule is [2H]C([2H])([2H])[C@@]([2H])(N[C@@H](CCc1ccccc1)C(=O)OCC)C(=O)N1CCC[C@H]1C(=O)O. The van der Waals surface area contributed by atoms with Gasteiger partial charge in [-0.25, -0.2) is 4.79 Å². The normalized spacial score (nSPS) is 22.6. The molecule has 0 aromatic heterocycles. The second-order valence-electron chi connectivity index (χ2n) is 6.34. The van der Waals surface area contributed by atoms with E-state index in [1.165, 1.54) is 0 Å². The standard InChI is InChI=1S/C20H28N2O5/c1-3-27-20(26)16(12-11-15-8-5-4-6-9-15)21-14(2)18(23)22-13-7-10-17(22)19(24)25/h4-6,8-9,14,16-17,21H,3,7,10-13H2,1-2H3,(H,24,25)/t14-,16+,17+/m1/s1/i2D3,14D. The first-order valence-electron chi connectivity index (χ1n) is 11.0. The molecular formula is C20H28N2O5. The molecule has 0 saturated carbocycles. The summed E-state index contributed by atoms with van der Waals surface area (Å²) < 4.78 is 37.0. The molecule has 0 bridgehead atoms. The van der Waals surface area contributed by atoms with Crippen molar-refractivity contribution in [3.8, 4) is 0 Å². The quantitative estimate of drug-likeness (QED) is 0.632. The minimum Gasteiger partial charge on any atom is -0.480 e. The molecule has 1 aromatic rings. The molecule has 1 aromatic carbocycles. The number of carboxylic acid groups (broad SMARTS) is 1. The lowest BCUT2D eigenvalue weighted by atomic mass is 10.0. The Kier molecular flexibility index (Phi) is 5.82. The first-order valence-corrected chi connectivity index (χ1v) is 9.03. The predicted octanol–water partition coefficient (Wildman–Crippen LogP) is 1.60. The van der Waals surface area contributed by atoms with Crippen molar-refractivity contribution in [2.45, 2.75) is 57.6 Å². The van der Waals surface area contributed by atoms with Crippen LogP contribution in [0.1, 0.15) is 44.1 Å². The number of hydrogen-bond donors (Lipinski definition) is 2. The molecule has 27 heavy (non-hydrogen) atoms. The molecule has 1 aliphatic heterocycles. The average molecular weight is 380 g/mol. The molecule has 3 atom stereocenters. The molecule has 7 heteroatoms. The monoisotopic (exact) mass is 380 g/mol. The van der Waals surface area contributed by atoms with Crippen molar-refractivity contribution >= 4 is 17.8 Å². The van der Waals surface area contributed by atoms with Gasteiger partial charge >= 0.3 is 11.9 Å². The summed E-state index contributed by atoms with van der Waals surface area (Å²) in [6.45, 7) is -1.49. The molecule has 1 heterocycles. The second-order valence-corrected chi connectivity index (χ2v) is 6.34. The van der Waals surface area contributed by atoms with Crippen LogP contribution >= 0.6 is 0 Å². The maximum Gasteiger partial charge on any atom is 0.326 e. The van der Waals surface area contributed by atoms with Gasteiger partial charge in [0.2, 0.25) is 5.91 Å². The van der Waals surface area contributed by atoms with Crippen molar-refractivity contribution < 1.29 is 29.7 Å². The summed E-state index contributed by atoms with van der Waals surface area (Å²) in [5, 5.41) is 11.8. The second kappa shape index (κ2) is 10.1. The van der Waals surface area contributed by atoms with Crippen LogP contribution in [0.4, 0.5) is 0 Å². The van der Waals surface area contributed by atoms with Gasteiger partial charge in [-0.15, -0.1) is 0 Å². The summed E-state index contributed by atoms with van der Waals surface area (Å²) in [7, 11) is 0. The number of esters is 1. The molecule has 1 amide bonds. The number of benzene rings is 1. The number of nitrogens with zero attached hydrogens (tertiary/aromatic N) is 1. The summed E-state index contributed by atoms with van der Waals surface area (Å²) in [6.07, 6.45) is 1.03. The summed E-state index contributed by atoms with van der Waals surface area (Å²) >= 11 is 0. The number of likely N-dealkylation sites (tertiary alicyclic amines) is 1. The Morgan fingerprint density at radius 1 is 1.41 bits per heavy atom. The number of nitrogens with one attached hydrogen (secondary N) is 1. The topological polar surface area (TPSA) is 95.9 Å². The van der Waals surface area contributed by atoms with Gasteiger partial charge in [0.05, 0.1) is 14.0 Å². The fourth-order valence-electron chi connectivity index (χ4n) is 3.09. The van der Waals surface area contributed by atoms with Gasteiger partial charge in [-0.1, -0.05) is 30.3 Å². The van der Waals surface area contributed by atoms with Crippen molar-refractivity contribution in [1.82, 2.24) is 10.2 Å². The lowest BCUT2D eigenvalue weighted by Crippen LogP contribution is -2.53. The molecule has 7 nitrogen and oxygen atoms in total. The highest BCUT2D eigenvalue weighted by molar-refractivity contribution is 5.88. The average Bonchev–Trinajstić information content (AvgIpc) is 3.20. The highest BCUT2D eigenvalue weighted by Crippen LogP contribution is 2.19. The largest absolute Gasteiger partial charge is 0.480 e. The molecule has 2 rings (SSSR count). The molecule has 1 aliphatic rings. The minimum absolute atomic E-state index is 0.0300. The maximum absolute atomic E-state index is 13.1. The van der Waals surface area contributed by atoms with Gasteiger partial charge in [0.15, 0.2) is 0 Å². The lowest BCUT2D eigenvalue weighted by molar-refractivity contribution is -0.150. The number of aryl methyl sites for hydroxylation is 1. The number of rotatable bonds is 9. The number of carbonyl (C=O) groups excluding carboxylic acids is 2. The van der Waals surface area contributed by atoms with E-state index in [1.807, 2.05) is 30.3 Å². The number of carboxylic acids is 1. The molecule has 2 N–H and O–H groups in total. The molecule has 0 aliphatic carbocycles. The van der Waals surface area contributed by atoms with Crippen molar-refractivity contribution in [2.24, 2.45) is 0 Å². The molecule has 148 valence electrons. The molecule has 0 radical (unpaired) electrons. The number of carbonyl (C=O) groups is 3. The summed E-state index contributed by atoms with van der Waals surface area (Å²) in [4.78, 5) is 38.0. The van der Waals surface area contributed by atoms with Crippen LogP contribution in [0.3, 0.4) is 0 Å². The predicted molar refractivity (Wildman–Crippen MR) is 100 cm³/mol. The van der Waals surface area contributed by atoms with E-state index in [0.29, 0.717) is 12.8 Å². The molecule has 1 fully saturated rings. The Labute approximate surface area is 165 Å². The summed E-state index contributed by atoms with van der Waals surface area (Å²) in [5.74, 6) is -3.22. The van der Waals surface area contributed by atoms with Gasteiger partial charge in [0.1, 0.15) is 12.1 Å². The molecule has 0 unspecified atom stereocenters. The van der Waals surface area contributed by atoms with Crippen LogP contribution in [0.2, 0.25) is 0 Å². The van der Waals surface area contributed by atoms with Gasteiger partial charge in [-0.2, -0.15) is 0 Å². The number of aliphatic carboxylic acids is 1. The molecular weight excluding hydrogens is 348 g/mol. The van der Waals surface area contributed by atoms with Crippen LogP contribution in [-0.4, -0.2) is 59.1 Å². The van der Waals surface area contributed by atoms with Crippen LogP contribution in [-0.2, 0) is 25.5 Å². The zero-order valence-electron chi connectivity index (χ0n) is 19.3. The van der Waals surface area contributed by atoms with E-state index in [0.717, 1.165) is 10.5 Å². The Morgan fingerprint density at radius 2 is 2.15 bits per heavy atom. The van der Waals surface area contributed by atoms with Crippen molar-refractivity contribution in [2.75, 3.05) is 13.2 Å². The minimum atomic E-state index is -3.16. The maximum atomic E-state index is 13.1. The number of hydrogen-bond acceptors (Lipinski definition) is 5. The first-order chi connectivity index (χ1) is 14.5. The summed E-state index contributed by atoms with van der Waals surface area (Å²) in [5.41, 5.74) is 0.889. The molecule has 0 spiro atoms. The van der Waals surface area contributed by atoms with Gasteiger partial charge in [-0.05, 0) is 45.0 Å². The van der Waals surface area contributed by atoms with Crippen LogP contribution in [0.25, 0.3) is 0 Å². The third-order valence-electron chi connectivity index (χ3n) is 4.47. The fraction of sp³-hybridized carbons (Fsp3) is 0.550. The fourth-order valence-corrected chi connectivity index (χ4v) is 3.09. The van der Waals surface area contributed by atoms with Gasteiger partial charge in [-0.3, -0.25) is 14.9 Å². The van der Waals surface area contributed by atoms with Crippen molar-refractivity contribution in [1.29, 1.82) is 0 Å². The van der Waals surface area contributed by atoms with Crippen LogP contribution < -0.4 is 5.32 Å². The van der Waals surface area contributed by atoms with E-state index in [4.69, 9.17) is 10.2 Å². The van der Waals surface area contributed by atoms with E-state index in [2.05, 4.69) is 5.32 Å². The van der Waals surface area contributed by atoms with Crippen molar-refractivity contribution in [3.63, 3.8) is 0 Å². The highest BCUT2D eigenvalue weighted by Gasteiger charge is 2.36. The van der Waals surface area contributed by atoms with Gasteiger partial charge in [0, 0.05) is 10.7 Å².